The molecule has 0 bridgehead atoms. The third-order valence-corrected chi connectivity index (χ3v) is 9.36. The van der Waals surface area contributed by atoms with Gasteiger partial charge in [0.2, 0.25) is 10.0 Å². The molecule has 2 aromatic rings. The van der Waals surface area contributed by atoms with Crippen molar-refractivity contribution in [3.63, 3.8) is 0 Å². The lowest BCUT2D eigenvalue weighted by Crippen LogP contribution is -2.55. The first-order chi connectivity index (χ1) is 13.8. The molecule has 3 heterocycles. The Kier molecular flexibility index (Phi) is 5.62. The zero-order chi connectivity index (χ0) is 20.6. The maximum absolute atomic E-state index is 13.3. The van der Waals surface area contributed by atoms with E-state index in [4.69, 9.17) is 4.74 Å². The fraction of sp³-hybridized carbons (Fsp3) is 0.500. The summed E-state index contributed by atoms with van der Waals surface area (Å²) in [6.45, 7) is 3.77. The van der Waals surface area contributed by atoms with Crippen LogP contribution in [0.3, 0.4) is 0 Å². The average molecular weight is 441 g/mol. The van der Waals surface area contributed by atoms with Crippen molar-refractivity contribution < 1.29 is 21.6 Å². The number of aromatic nitrogens is 1. The van der Waals surface area contributed by atoms with Crippen molar-refractivity contribution in [2.24, 2.45) is 0 Å². The molecule has 0 saturated carbocycles. The van der Waals surface area contributed by atoms with Gasteiger partial charge in [0, 0.05) is 50.9 Å². The van der Waals surface area contributed by atoms with E-state index in [1.54, 1.807) is 30.5 Å². The number of hydrogen-bond donors (Lipinski definition) is 0. The van der Waals surface area contributed by atoms with Crippen molar-refractivity contribution in [2.45, 2.75) is 11.8 Å². The number of nitrogens with zero attached hydrogens (tertiary/aromatic N) is 4. The number of pyridine rings is 1. The molecule has 0 radical (unpaired) electrons. The van der Waals surface area contributed by atoms with E-state index in [2.05, 4.69) is 4.98 Å². The Bertz CT molecular complexity index is 1110. The highest BCUT2D eigenvalue weighted by Crippen LogP contribution is 2.28. The monoisotopic (exact) mass is 440 g/mol. The Balaban J connectivity index is 1.55. The van der Waals surface area contributed by atoms with Gasteiger partial charge in [0.15, 0.2) is 0 Å². The van der Waals surface area contributed by atoms with E-state index in [0.717, 1.165) is 5.56 Å². The van der Waals surface area contributed by atoms with Gasteiger partial charge in [0.25, 0.3) is 10.2 Å². The van der Waals surface area contributed by atoms with Crippen molar-refractivity contribution in [1.82, 2.24) is 17.9 Å². The topological polar surface area (TPSA) is 100 Å². The second kappa shape index (κ2) is 7.89. The number of sulfonamides is 1. The van der Waals surface area contributed by atoms with Crippen LogP contribution < -0.4 is 0 Å². The number of fused-ring (bicyclic) bond motifs is 1. The highest BCUT2D eigenvalue weighted by atomic mass is 32.2. The maximum atomic E-state index is 13.3. The molecule has 158 valence electrons. The highest BCUT2D eigenvalue weighted by molar-refractivity contribution is 7.89. The zero-order valence-electron chi connectivity index (χ0n) is 16.2. The van der Waals surface area contributed by atoms with Crippen LogP contribution in [0.25, 0.3) is 10.9 Å². The Labute approximate surface area is 171 Å². The van der Waals surface area contributed by atoms with Crippen LogP contribution in [-0.4, -0.2) is 87.2 Å². The molecule has 2 fully saturated rings. The lowest BCUT2D eigenvalue weighted by atomic mass is 10.1. The van der Waals surface area contributed by atoms with E-state index in [0.29, 0.717) is 37.2 Å². The maximum Gasteiger partial charge on any atom is 0.282 e. The average Bonchev–Trinajstić information content (AvgIpc) is 2.75. The quantitative estimate of drug-likeness (QED) is 0.683. The zero-order valence-corrected chi connectivity index (χ0v) is 17.8. The fourth-order valence-electron chi connectivity index (χ4n) is 3.73. The molecule has 11 heteroatoms. The SMILES string of the molecule is Cc1ccc(S(=O)(=O)N2CCN(S(=O)(=O)N3CCOCC3)CC2)c2cccnc12. The van der Waals surface area contributed by atoms with E-state index >= 15 is 0 Å². The Hall–Kier alpha value is -1.63. The molecule has 4 rings (SSSR count). The van der Waals surface area contributed by atoms with Crippen molar-refractivity contribution in [3.05, 3.63) is 36.0 Å². The summed E-state index contributed by atoms with van der Waals surface area (Å²) in [6, 6.07) is 6.82. The number of morpholine rings is 1. The minimum atomic E-state index is -3.76. The summed E-state index contributed by atoms with van der Waals surface area (Å²) in [5.41, 5.74) is 1.56. The summed E-state index contributed by atoms with van der Waals surface area (Å²) in [7, 11) is -7.36. The van der Waals surface area contributed by atoms with Gasteiger partial charge in [-0.2, -0.15) is 21.3 Å². The first kappa shape index (κ1) is 20.6. The summed E-state index contributed by atoms with van der Waals surface area (Å²) in [6.07, 6.45) is 1.64. The van der Waals surface area contributed by atoms with Gasteiger partial charge in [0.05, 0.1) is 23.6 Å². The van der Waals surface area contributed by atoms with Gasteiger partial charge >= 0.3 is 0 Å². The van der Waals surface area contributed by atoms with Crippen LogP contribution in [0.4, 0.5) is 0 Å². The Morgan fingerprint density at radius 2 is 1.48 bits per heavy atom. The van der Waals surface area contributed by atoms with Crippen LogP contribution in [0.1, 0.15) is 5.56 Å². The van der Waals surface area contributed by atoms with Gasteiger partial charge in [-0.05, 0) is 30.7 Å². The van der Waals surface area contributed by atoms with Gasteiger partial charge in [-0.15, -0.1) is 0 Å². The molecular weight excluding hydrogens is 416 g/mol. The lowest BCUT2D eigenvalue weighted by molar-refractivity contribution is 0.0694. The van der Waals surface area contributed by atoms with Gasteiger partial charge in [-0.3, -0.25) is 4.98 Å². The number of ether oxygens (including phenoxy) is 1. The van der Waals surface area contributed by atoms with Crippen LogP contribution in [-0.2, 0) is 25.0 Å². The van der Waals surface area contributed by atoms with Gasteiger partial charge in [0.1, 0.15) is 0 Å². The number of piperazine rings is 1. The van der Waals surface area contributed by atoms with Crippen molar-refractivity contribution in [1.29, 1.82) is 0 Å². The fourth-order valence-corrected chi connectivity index (χ4v) is 6.90. The van der Waals surface area contributed by atoms with Crippen LogP contribution in [0.15, 0.2) is 35.4 Å². The number of aryl methyl sites for hydroxylation is 1. The minimum Gasteiger partial charge on any atom is -0.379 e. The minimum absolute atomic E-state index is 0.113. The second-order valence-electron chi connectivity index (χ2n) is 7.10. The second-order valence-corrected chi connectivity index (χ2v) is 10.9. The van der Waals surface area contributed by atoms with Crippen molar-refractivity contribution >= 4 is 31.1 Å². The summed E-state index contributed by atoms with van der Waals surface area (Å²) >= 11 is 0. The predicted molar refractivity (Wildman–Crippen MR) is 108 cm³/mol. The molecular formula is C18H24N4O5S2. The number of benzene rings is 1. The molecule has 1 aromatic carbocycles. The van der Waals surface area contributed by atoms with Crippen molar-refractivity contribution in [2.75, 3.05) is 52.5 Å². The van der Waals surface area contributed by atoms with Gasteiger partial charge < -0.3 is 4.74 Å². The molecule has 0 spiro atoms. The molecule has 2 saturated heterocycles. The Morgan fingerprint density at radius 3 is 2.17 bits per heavy atom. The molecule has 1 aromatic heterocycles. The number of rotatable bonds is 4. The van der Waals surface area contributed by atoms with Crippen molar-refractivity contribution in [3.8, 4) is 0 Å². The highest BCUT2D eigenvalue weighted by Gasteiger charge is 2.37. The predicted octanol–water partition coefficient (Wildman–Crippen LogP) is 0.427. The van der Waals surface area contributed by atoms with E-state index in [9.17, 15) is 16.8 Å². The molecule has 0 aliphatic carbocycles. The van der Waals surface area contributed by atoms with Crippen LogP contribution in [0.2, 0.25) is 0 Å². The molecule has 9 nitrogen and oxygen atoms in total. The van der Waals surface area contributed by atoms with E-state index in [-0.39, 0.29) is 31.1 Å². The van der Waals surface area contributed by atoms with E-state index < -0.39 is 20.2 Å². The smallest absolute Gasteiger partial charge is 0.282 e. The van der Waals surface area contributed by atoms with E-state index in [1.165, 1.54) is 12.9 Å². The summed E-state index contributed by atoms with van der Waals surface area (Å²) in [5.74, 6) is 0. The standard InChI is InChI=1S/C18H24N4O5S2/c1-15-4-5-17(16-3-2-6-19-18(15)16)28(23,24)20-7-9-21(10-8-20)29(25,26)22-11-13-27-14-12-22/h2-6H,7-14H2,1H3. The molecule has 2 aliphatic heterocycles. The molecule has 0 unspecified atom stereocenters. The first-order valence-corrected chi connectivity index (χ1v) is 12.3. The molecule has 0 amide bonds. The van der Waals surface area contributed by atoms with Crippen LogP contribution >= 0.6 is 0 Å². The van der Waals surface area contributed by atoms with E-state index in [1.807, 2.05) is 6.92 Å². The largest absolute Gasteiger partial charge is 0.379 e. The third kappa shape index (κ3) is 3.78. The summed E-state index contributed by atoms with van der Waals surface area (Å²) in [5, 5.41) is 0.580. The summed E-state index contributed by atoms with van der Waals surface area (Å²) < 4.78 is 61.5. The molecule has 0 atom stereocenters. The number of hydrogen-bond acceptors (Lipinski definition) is 6. The summed E-state index contributed by atoms with van der Waals surface area (Å²) in [4.78, 5) is 4.51. The molecule has 0 N–H and O–H groups in total. The molecule has 2 aliphatic rings. The van der Waals surface area contributed by atoms with Gasteiger partial charge in [-0.25, -0.2) is 8.42 Å². The molecule has 29 heavy (non-hydrogen) atoms. The Morgan fingerprint density at radius 1 is 0.862 bits per heavy atom. The van der Waals surface area contributed by atoms with Crippen LogP contribution in [0, 0.1) is 6.92 Å². The van der Waals surface area contributed by atoms with Crippen LogP contribution in [0.5, 0.6) is 0 Å². The normalized spacial score (nSPS) is 20.9. The first-order valence-electron chi connectivity index (χ1n) is 9.49. The third-order valence-electron chi connectivity index (χ3n) is 5.37. The lowest BCUT2D eigenvalue weighted by Gasteiger charge is -2.37. The van der Waals surface area contributed by atoms with Gasteiger partial charge in [-0.1, -0.05) is 6.07 Å².